The molecular formula is C19H16N2O2. The van der Waals surface area contributed by atoms with Gasteiger partial charge >= 0.3 is 5.97 Å². The summed E-state index contributed by atoms with van der Waals surface area (Å²) in [5.74, 6) is -0.134. The summed E-state index contributed by atoms with van der Waals surface area (Å²) in [5.41, 5.74) is 2.03. The number of nitrogens with one attached hydrogen (secondary N) is 1. The van der Waals surface area contributed by atoms with Crippen LogP contribution in [0.5, 0.6) is 0 Å². The van der Waals surface area contributed by atoms with Crippen molar-refractivity contribution < 1.29 is 9.90 Å². The second kappa shape index (κ2) is 6.75. The molecule has 0 aliphatic carbocycles. The molecule has 2 N–H and O–H groups in total. The molecule has 0 unspecified atom stereocenters. The van der Waals surface area contributed by atoms with E-state index in [1.54, 1.807) is 12.3 Å². The molecule has 0 bridgehead atoms. The SMILES string of the molecule is O=C(O)C=Cc1ccc2c(NCc3ccccc3)nccc2c1. The van der Waals surface area contributed by atoms with Crippen molar-refractivity contribution in [3.63, 3.8) is 0 Å². The molecule has 1 aromatic heterocycles. The van der Waals surface area contributed by atoms with E-state index in [-0.39, 0.29) is 0 Å². The third kappa shape index (κ3) is 3.74. The molecule has 2 aromatic carbocycles. The van der Waals surface area contributed by atoms with Gasteiger partial charge in [0.15, 0.2) is 0 Å². The first-order valence-electron chi connectivity index (χ1n) is 7.30. The number of benzene rings is 2. The van der Waals surface area contributed by atoms with Gasteiger partial charge in [-0.2, -0.15) is 0 Å². The van der Waals surface area contributed by atoms with Gasteiger partial charge in [0, 0.05) is 24.2 Å². The molecule has 3 aromatic rings. The second-order valence-corrected chi connectivity index (χ2v) is 5.15. The smallest absolute Gasteiger partial charge is 0.328 e. The predicted octanol–water partition coefficient (Wildman–Crippen LogP) is 3.94. The molecule has 0 amide bonds. The normalized spacial score (nSPS) is 11.0. The molecule has 0 saturated carbocycles. The lowest BCUT2D eigenvalue weighted by atomic mass is 10.1. The number of hydrogen-bond donors (Lipinski definition) is 2. The molecule has 0 spiro atoms. The first-order chi connectivity index (χ1) is 11.2. The van der Waals surface area contributed by atoms with Gasteiger partial charge in [-0.25, -0.2) is 9.78 Å². The number of carbonyl (C=O) groups is 1. The van der Waals surface area contributed by atoms with Crippen molar-refractivity contribution in [1.82, 2.24) is 4.98 Å². The van der Waals surface area contributed by atoms with Crippen LogP contribution in [0.2, 0.25) is 0 Å². The van der Waals surface area contributed by atoms with Gasteiger partial charge in [0.1, 0.15) is 5.82 Å². The average molecular weight is 304 g/mol. The van der Waals surface area contributed by atoms with Crippen molar-refractivity contribution in [3.05, 3.63) is 78.0 Å². The largest absolute Gasteiger partial charge is 0.478 e. The zero-order valence-corrected chi connectivity index (χ0v) is 12.4. The van der Waals surface area contributed by atoms with Gasteiger partial charge in [-0.15, -0.1) is 0 Å². The van der Waals surface area contributed by atoms with E-state index in [2.05, 4.69) is 22.4 Å². The average Bonchev–Trinajstić information content (AvgIpc) is 2.58. The summed E-state index contributed by atoms with van der Waals surface area (Å²) < 4.78 is 0. The number of carboxylic acid groups (broad SMARTS) is 1. The number of hydrogen-bond acceptors (Lipinski definition) is 3. The van der Waals surface area contributed by atoms with Crippen molar-refractivity contribution in [2.45, 2.75) is 6.54 Å². The number of aliphatic carboxylic acids is 1. The Morgan fingerprint density at radius 2 is 1.96 bits per heavy atom. The van der Waals surface area contributed by atoms with Crippen LogP contribution in [0, 0.1) is 0 Å². The molecule has 0 aliphatic rings. The molecule has 0 aliphatic heterocycles. The number of rotatable bonds is 5. The molecule has 114 valence electrons. The van der Waals surface area contributed by atoms with Crippen molar-refractivity contribution >= 4 is 28.6 Å². The molecule has 0 atom stereocenters. The lowest BCUT2D eigenvalue weighted by molar-refractivity contribution is -0.131. The highest BCUT2D eigenvalue weighted by molar-refractivity contribution is 5.94. The van der Waals surface area contributed by atoms with Crippen molar-refractivity contribution in [1.29, 1.82) is 0 Å². The first-order valence-corrected chi connectivity index (χ1v) is 7.30. The fraction of sp³-hybridized carbons (Fsp3) is 0.0526. The van der Waals surface area contributed by atoms with Gasteiger partial charge in [0.2, 0.25) is 0 Å². The van der Waals surface area contributed by atoms with E-state index in [1.807, 2.05) is 42.5 Å². The second-order valence-electron chi connectivity index (χ2n) is 5.15. The molecule has 1 heterocycles. The third-order valence-electron chi connectivity index (χ3n) is 3.51. The van der Waals surface area contributed by atoms with E-state index in [0.29, 0.717) is 6.54 Å². The van der Waals surface area contributed by atoms with Crippen LogP contribution in [0.3, 0.4) is 0 Å². The number of nitrogens with zero attached hydrogens (tertiary/aromatic N) is 1. The van der Waals surface area contributed by atoms with Gasteiger partial charge in [-0.3, -0.25) is 0 Å². The Labute approximate surface area is 134 Å². The summed E-state index contributed by atoms with van der Waals surface area (Å²) in [6, 6.07) is 17.8. The number of carboxylic acids is 1. The van der Waals surface area contributed by atoms with Gasteiger partial charge < -0.3 is 10.4 Å². The summed E-state index contributed by atoms with van der Waals surface area (Å²) in [5, 5.41) is 14.1. The molecule has 0 radical (unpaired) electrons. The zero-order valence-electron chi connectivity index (χ0n) is 12.4. The maximum Gasteiger partial charge on any atom is 0.328 e. The first kappa shape index (κ1) is 14.8. The van der Waals surface area contributed by atoms with Crippen LogP contribution in [0.4, 0.5) is 5.82 Å². The van der Waals surface area contributed by atoms with Crippen LogP contribution in [0.15, 0.2) is 66.9 Å². The minimum Gasteiger partial charge on any atom is -0.478 e. The Kier molecular flexibility index (Phi) is 4.34. The molecular weight excluding hydrogens is 288 g/mol. The summed E-state index contributed by atoms with van der Waals surface area (Å²) in [7, 11) is 0. The number of fused-ring (bicyclic) bond motifs is 1. The predicted molar refractivity (Wildman–Crippen MR) is 92.2 cm³/mol. The fourth-order valence-electron chi connectivity index (χ4n) is 2.39. The number of anilines is 1. The number of pyridine rings is 1. The Hall–Kier alpha value is -3.14. The van der Waals surface area contributed by atoms with Crippen LogP contribution < -0.4 is 5.32 Å². The number of aromatic nitrogens is 1. The maximum absolute atomic E-state index is 10.6. The van der Waals surface area contributed by atoms with Gasteiger partial charge in [-0.05, 0) is 34.7 Å². The topological polar surface area (TPSA) is 62.2 Å². The monoisotopic (exact) mass is 304 g/mol. The lowest BCUT2D eigenvalue weighted by Crippen LogP contribution is -2.01. The van der Waals surface area contributed by atoms with Crippen LogP contribution in [0.25, 0.3) is 16.8 Å². The quantitative estimate of drug-likeness (QED) is 0.701. The van der Waals surface area contributed by atoms with E-state index in [1.165, 1.54) is 5.56 Å². The summed E-state index contributed by atoms with van der Waals surface area (Å²) in [4.78, 5) is 15.0. The summed E-state index contributed by atoms with van der Waals surface area (Å²) in [6.07, 6.45) is 4.47. The molecule has 0 saturated heterocycles. The Morgan fingerprint density at radius 3 is 2.74 bits per heavy atom. The fourth-order valence-corrected chi connectivity index (χ4v) is 2.39. The van der Waals surface area contributed by atoms with Crippen molar-refractivity contribution in [2.24, 2.45) is 0 Å². The maximum atomic E-state index is 10.6. The van der Waals surface area contributed by atoms with Gasteiger partial charge in [0.05, 0.1) is 0 Å². The minimum atomic E-state index is -0.954. The minimum absolute atomic E-state index is 0.702. The van der Waals surface area contributed by atoms with Crippen molar-refractivity contribution in [3.8, 4) is 0 Å². The van der Waals surface area contributed by atoms with Crippen LogP contribution >= 0.6 is 0 Å². The van der Waals surface area contributed by atoms with E-state index in [9.17, 15) is 4.79 Å². The molecule has 4 nitrogen and oxygen atoms in total. The van der Waals surface area contributed by atoms with Gasteiger partial charge in [0.25, 0.3) is 0 Å². The van der Waals surface area contributed by atoms with E-state index in [0.717, 1.165) is 28.2 Å². The van der Waals surface area contributed by atoms with Crippen molar-refractivity contribution in [2.75, 3.05) is 5.32 Å². The standard InChI is InChI=1S/C19H16N2O2/c22-18(23)9-7-14-6-8-17-16(12-14)10-11-20-19(17)21-13-15-4-2-1-3-5-15/h1-12H,13H2,(H,20,21)(H,22,23). The van der Waals surface area contributed by atoms with Crippen LogP contribution in [-0.2, 0) is 11.3 Å². The van der Waals surface area contributed by atoms with Gasteiger partial charge in [-0.1, -0.05) is 42.5 Å². The molecule has 0 fully saturated rings. The van der Waals surface area contributed by atoms with Crippen LogP contribution in [-0.4, -0.2) is 16.1 Å². The highest BCUT2D eigenvalue weighted by Gasteiger charge is 2.03. The molecule has 3 rings (SSSR count). The van der Waals surface area contributed by atoms with Crippen LogP contribution in [0.1, 0.15) is 11.1 Å². The van der Waals surface area contributed by atoms with E-state index < -0.39 is 5.97 Å². The molecule has 4 heteroatoms. The Balaban J connectivity index is 1.85. The third-order valence-corrected chi connectivity index (χ3v) is 3.51. The lowest BCUT2D eigenvalue weighted by Gasteiger charge is -2.09. The Bertz CT molecular complexity index is 858. The highest BCUT2D eigenvalue weighted by Crippen LogP contribution is 2.23. The summed E-state index contributed by atoms with van der Waals surface area (Å²) in [6.45, 7) is 0.702. The Morgan fingerprint density at radius 1 is 1.13 bits per heavy atom. The van der Waals surface area contributed by atoms with E-state index in [4.69, 9.17) is 5.11 Å². The zero-order chi connectivity index (χ0) is 16.1. The summed E-state index contributed by atoms with van der Waals surface area (Å²) >= 11 is 0. The van der Waals surface area contributed by atoms with E-state index >= 15 is 0 Å². The molecule has 23 heavy (non-hydrogen) atoms. The highest BCUT2D eigenvalue weighted by atomic mass is 16.4.